The summed E-state index contributed by atoms with van der Waals surface area (Å²) in [5.74, 6) is 0.973. The van der Waals surface area contributed by atoms with Gasteiger partial charge in [-0.2, -0.15) is 0 Å². The standard InChI is InChI=1S/C25H19BrN2/c26-19-9-10-22-18(14-19)16-23(28(22)24-8-3-4-13-27-24)21-15-17-6-1-2-7-20(17)25(21)11-5-12-25/h1-4,6-10,13-16H,5,11-12H2. The topological polar surface area (TPSA) is 17.8 Å². The molecule has 0 aliphatic heterocycles. The zero-order chi connectivity index (χ0) is 18.7. The average Bonchev–Trinajstić information content (AvgIpc) is 3.23. The molecule has 2 aliphatic rings. The quantitative estimate of drug-likeness (QED) is 0.346. The molecule has 136 valence electrons. The van der Waals surface area contributed by atoms with Crippen LogP contribution in [0.2, 0.25) is 0 Å². The van der Waals surface area contributed by atoms with E-state index in [1.165, 1.54) is 52.6 Å². The van der Waals surface area contributed by atoms with Crippen molar-refractivity contribution < 1.29 is 0 Å². The molecule has 0 atom stereocenters. The highest BCUT2D eigenvalue weighted by molar-refractivity contribution is 9.10. The predicted molar refractivity (Wildman–Crippen MR) is 119 cm³/mol. The van der Waals surface area contributed by atoms with Crippen LogP contribution in [0, 0.1) is 0 Å². The summed E-state index contributed by atoms with van der Waals surface area (Å²) in [6.45, 7) is 0. The first-order valence-electron chi connectivity index (χ1n) is 9.81. The Morgan fingerprint density at radius 1 is 0.929 bits per heavy atom. The van der Waals surface area contributed by atoms with Gasteiger partial charge in [-0.25, -0.2) is 4.98 Å². The lowest BCUT2D eigenvalue weighted by Gasteiger charge is -2.42. The number of halogens is 1. The molecule has 0 bridgehead atoms. The van der Waals surface area contributed by atoms with E-state index in [1.807, 2.05) is 12.3 Å². The Kier molecular flexibility index (Phi) is 3.45. The number of allylic oxidation sites excluding steroid dienone is 1. The number of fused-ring (bicyclic) bond motifs is 3. The smallest absolute Gasteiger partial charge is 0.137 e. The highest BCUT2D eigenvalue weighted by atomic mass is 79.9. The summed E-state index contributed by atoms with van der Waals surface area (Å²) in [5, 5.41) is 1.24. The van der Waals surface area contributed by atoms with Crippen molar-refractivity contribution >= 4 is 38.5 Å². The van der Waals surface area contributed by atoms with Gasteiger partial charge in [0, 0.05) is 21.5 Å². The van der Waals surface area contributed by atoms with Crippen LogP contribution in [0.5, 0.6) is 0 Å². The molecule has 0 unspecified atom stereocenters. The second kappa shape index (κ2) is 5.92. The lowest BCUT2D eigenvalue weighted by Crippen LogP contribution is -2.34. The van der Waals surface area contributed by atoms with Gasteiger partial charge in [0.25, 0.3) is 0 Å². The van der Waals surface area contributed by atoms with E-state index in [9.17, 15) is 0 Å². The average molecular weight is 427 g/mol. The number of aromatic nitrogens is 2. The van der Waals surface area contributed by atoms with Crippen LogP contribution in [-0.2, 0) is 5.41 Å². The van der Waals surface area contributed by atoms with Gasteiger partial charge in [0.1, 0.15) is 5.82 Å². The van der Waals surface area contributed by atoms with Crippen molar-refractivity contribution in [2.75, 3.05) is 0 Å². The van der Waals surface area contributed by atoms with Gasteiger partial charge in [-0.15, -0.1) is 0 Å². The van der Waals surface area contributed by atoms with Crippen LogP contribution in [0.4, 0.5) is 0 Å². The van der Waals surface area contributed by atoms with Crippen molar-refractivity contribution in [3.8, 4) is 5.82 Å². The molecule has 4 aromatic rings. The molecule has 28 heavy (non-hydrogen) atoms. The van der Waals surface area contributed by atoms with Crippen molar-refractivity contribution in [3.63, 3.8) is 0 Å². The van der Waals surface area contributed by atoms with E-state index in [-0.39, 0.29) is 5.41 Å². The molecule has 2 aromatic heterocycles. The number of nitrogens with zero attached hydrogens (tertiary/aromatic N) is 2. The molecular weight excluding hydrogens is 408 g/mol. The highest BCUT2D eigenvalue weighted by Crippen LogP contribution is 2.58. The molecule has 2 heterocycles. The summed E-state index contributed by atoms with van der Waals surface area (Å²) in [7, 11) is 0. The summed E-state index contributed by atoms with van der Waals surface area (Å²) in [6, 6.07) is 23.9. The molecule has 2 nitrogen and oxygen atoms in total. The third kappa shape index (κ3) is 2.17. The number of pyridine rings is 1. The molecule has 1 fully saturated rings. The Morgan fingerprint density at radius 3 is 2.57 bits per heavy atom. The fourth-order valence-electron chi connectivity index (χ4n) is 5.00. The minimum atomic E-state index is 0.161. The third-order valence-corrected chi connectivity index (χ3v) is 6.91. The van der Waals surface area contributed by atoms with Crippen molar-refractivity contribution in [3.05, 3.63) is 94.2 Å². The van der Waals surface area contributed by atoms with E-state index in [4.69, 9.17) is 4.98 Å². The van der Waals surface area contributed by atoms with Crippen LogP contribution in [-0.4, -0.2) is 9.55 Å². The third-order valence-electron chi connectivity index (χ3n) is 6.42. The Hall–Kier alpha value is -2.65. The van der Waals surface area contributed by atoms with E-state index in [0.29, 0.717) is 0 Å². The maximum absolute atomic E-state index is 4.69. The number of hydrogen-bond acceptors (Lipinski definition) is 1. The summed E-state index contributed by atoms with van der Waals surface area (Å²) in [4.78, 5) is 4.69. The largest absolute Gasteiger partial charge is 0.294 e. The molecule has 6 rings (SSSR count). The fourth-order valence-corrected chi connectivity index (χ4v) is 5.38. The zero-order valence-corrected chi connectivity index (χ0v) is 17.0. The zero-order valence-electron chi connectivity index (χ0n) is 15.4. The van der Waals surface area contributed by atoms with E-state index >= 15 is 0 Å². The predicted octanol–water partition coefficient (Wildman–Crippen LogP) is 6.76. The van der Waals surface area contributed by atoms with Crippen LogP contribution in [0.3, 0.4) is 0 Å². The van der Waals surface area contributed by atoms with Gasteiger partial charge in [-0.3, -0.25) is 4.57 Å². The molecule has 1 saturated carbocycles. The molecule has 0 radical (unpaired) electrons. The Balaban J connectivity index is 1.66. The molecular formula is C25H19BrN2. The van der Waals surface area contributed by atoms with E-state index in [2.05, 4.69) is 87.2 Å². The Labute approximate surface area is 172 Å². The van der Waals surface area contributed by atoms with Crippen molar-refractivity contribution in [1.82, 2.24) is 9.55 Å². The van der Waals surface area contributed by atoms with Crippen LogP contribution < -0.4 is 0 Å². The molecule has 2 aliphatic carbocycles. The second-order valence-electron chi connectivity index (χ2n) is 7.84. The SMILES string of the molecule is Brc1ccc2c(c1)cc(C1=Cc3ccccc3C13CCC3)n2-c1ccccn1. The maximum Gasteiger partial charge on any atom is 0.137 e. The van der Waals surface area contributed by atoms with Gasteiger partial charge in [0.05, 0.1) is 11.2 Å². The highest BCUT2D eigenvalue weighted by Gasteiger charge is 2.47. The minimum Gasteiger partial charge on any atom is -0.294 e. The van der Waals surface area contributed by atoms with Crippen LogP contribution in [0.25, 0.3) is 28.4 Å². The summed E-state index contributed by atoms with van der Waals surface area (Å²) >= 11 is 3.64. The van der Waals surface area contributed by atoms with Gasteiger partial charge in [-0.1, -0.05) is 52.7 Å². The summed E-state index contributed by atoms with van der Waals surface area (Å²) in [5.41, 5.74) is 6.93. The normalized spacial score (nSPS) is 16.8. The lowest BCUT2D eigenvalue weighted by atomic mass is 9.61. The maximum atomic E-state index is 4.69. The van der Waals surface area contributed by atoms with E-state index in [1.54, 1.807) is 0 Å². The molecule has 3 heteroatoms. The first kappa shape index (κ1) is 16.3. The van der Waals surface area contributed by atoms with Gasteiger partial charge in [-0.05, 0) is 72.0 Å². The van der Waals surface area contributed by atoms with Crippen molar-refractivity contribution in [2.45, 2.75) is 24.7 Å². The monoisotopic (exact) mass is 426 g/mol. The molecule has 0 N–H and O–H groups in total. The van der Waals surface area contributed by atoms with Gasteiger partial charge >= 0.3 is 0 Å². The van der Waals surface area contributed by atoms with E-state index < -0.39 is 0 Å². The molecule has 2 aromatic carbocycles. The van der Waals surface area contributed by atoms with Crippen LogP contribution in [0.1, 0.15) is 36.1 Å². The first-order valence-corrected chi connectivity index (χ1v) is 10.6. The number of rotatable bonds is 2. The molecule has 0 saturated heterocycles. The molecule has 0 amide bonds. The van der Waals surface area contributed by atoms with Crippen molar-refractivity contribution in [1.29, 1.82) is 0 Å². The van der Waals surface area contributed by atoms with Gasteiger partial charge in [0.2, 0.25) is 0 Å². The van der Waals surface area contributed by atoms with E-state index in [0.717, 1.165) is 10.3 Å². The molecule has 1 spiro atoms. The summed E-state index contributed by atoms with van der Waals surface area (Å²) < 4.78 is 3.44. The minimum absolute atomic E-state index is 0.161. The van der Waals surface area contributed by atoms with Crippen LogP contribution in [0.15, 0.2) is 77.4 Å². The summed E-state index contributed by atoms with van der Waals surface area (Å²) in [6.07, 6.45) is 8.03. The number of hydrogen-bond donors (Lipinski definition) is 0. The second-order valence-corrected chi connectivity index (χ2v) is 8.75. The lowest BCUT2D eigenvalue weighted by molar-refractivity contribution is 0.331. The van der Waals surface area contributed by atoms with Gasteiger partial charge in [0.15, 0.2) is 0 Å². The Morgan fingerprint density at radius 2 is 1.79 bits per heavy atom. The van der Waals surface area contributed by atoms with Gasteiger partial charge < -0.3 is 0 Å². The number of benzene rings is 2. The first-order chi connectivity index (χ1) is 13.8. The Bertz CT molecular complexity index is 1250. The van der Waals surface area contributed by atoms with Crippen molar-refractivity contribution in [2.24, 2.45) is 0 Å². The fraction of sp³-hybridized carbons (Fsp3) is 0.160. The van der Waals surface area contributed by atoms with Crippen LogP contribution >= 0.6 is 15.9 Å².